The van der Waals surface area contributed by atoms with E-state index in [1.807, 2.05) is 4.90 Å². The zero-order valence-electron chi connectivity index (χ0n) is 9.12. The number of amides is 1. The predicted octanol–water partition coefficient (Wildman–Crippen LogP) is -0.491. The molecule has 1 aromatic heterocycles. The highest BCUT2D eigenvalue weighted by atomic mass is 16.3. The Morgan fingerprint density at radius 2 is 2.44 bits per heavy atom. The van der Waals surface area contributed by atoms with E-state index in [2.05, 4.69) is 10.1 Å². The molecule has 1 aliphatic rings. The number of likely N-dealkylation sites (tertiary alicyclic amines) is 1. The van der Waals surface area contributed by atoms with Crippen LogP contribution in [0.3, 0.4) is 0 Å². The van der Waals surface area contributed by atoms with E-state index < -0.39 is 0 Å². The maximum absolute atomic E-state index is 11.8. The predicted molar refractivity (Wildman–Crippen MR) is 56.4 cm³/mol. The molecule has 1 aliphatic heterocycles. The average molecular weight is 224 g/mol. The standard InChI is InChI=1S/C10H16N4O2/c15-4-2-9-1-3-13(5-9)10(16)6-14-8-11-7-12-14/h7-9,15H,1-6H2. The number of nitrogens with zero attached hydrogens (tertiary/aromatic N) is 4. The van der Waals surface area contributed by atoms with Gasteiger partial charge in [0.2, 0.25) is 5.91 Å². The SMILES string of the molecule is O=C(Cn1cncn1)N1CCC(CCO)C1. The lowest BCUT2D eigenvalue weighted by molar-refractivity contribution is -0.131. The van der Waals surface area contributed by atoms with E-state index in [1.54, 1.807) is 6.33 Å². The maximum atomic E-state index is 11.8. The number of rotatable bonds is 4. The van der Waals surface area contributed by atoms with Gasteiger partial charge in [-0.3, -0.25) is 4.79 Å². The third kappa shape index (κ3) is 2.57. The van der Waals surface area contributed by atoms with E-state index >= 15 is 0 Å². The maximum Gasteiger partial charge on any atom is 0.244 e. The van der Waals surface area contributed by atoms with Gasteiger partial charge in [-0.05, 0) is 18.8 Å². The van der Waals surface area contributed by atoms with Gasteiger partial charge in [0.05, 0.1) is 0 Å². The molecule has 0 radical (unpaired) electrons. The van der Waals surface area contributed by atoms with Crippen molar-refractivity contribution in [3.8, 4) is 0 Å². The van der Waals surface area contributed by atoms with Crippen molar-refractivity contribution in [2.45, 2.75) is 19.4 Å². The summed E-state index contributed by atoms with van der Waals surface area (Å²) in [5, 5.41) is 12.7. The minimum Gasteiger partial charge on any atom is -0.396 e. The van der Waals surface area contributed by atoms with Gasteiger partial charge in [-0.1, -0.05) is 0 Å². The summed E-state index contributed by atoms with van der Waals surface area (Å²) in [5.41, 5.74) is 0. The van der Waals surface area contributed by atoms with Crippen molar-refractivity contribution in [2.24, 2.45) is 5.92 Å². The van der Waals surface area contributed by atoms with Gasteiger partial charge in [0.1, 0.15) is 19.2 Å². The summed E-state index contributed by atoms with van der Waals surface area (Å²) in [5.74, 6) is 0.524. The molecule has 1 unspecified atom stereocenters. The molecule has 2 rings (SSSR count). The number of aliphatic hydroxyl groups is 1. The topological polar surface area (TPSA) is 71.2 Å². The summed E-state index contributed by atoms with van der Waals surface area (Å²) in [4.78, 5) is 17.5. The van der Waals surface area contributed by atoms with Crippen LogP contribution in [0.1, 0.15) is 12.8 Å². The molecule has 1 fully saturated rings. The Hall–Kier alpha value is -1.43. The van der Waals surface area contributed by atoms with Gasteiger partial charge in [0.25, 0.3) is 0 Å². The van der Waals surface area contributed by atoms with E-state index in [1.165, 1.54) is 11.0 Å². The van der Waals surface area contributed by atoms with Crippen LogP contribution in [0.5, 0.6) is 0 Å². The van der Waals surface area contributed by atoms with Gasteiger partial charge < -0.3 is 10.0 Å². The molecular weight excluding hydrogens is 208 g/mol. The van der Waals surface area contributed by atoms with E-state index in [-0.39, 0.29) is 19.1 Å². The number of carbonyl (C=O) groups is 1. The van der Waals surface area contributed by atoms with Crippen LogP contribution in [-0.4, -0.2) is 50.4 Å². The number of aliphatic hydroxyl groups excluding tert-OH is 1. The second-order valence-corrected chi connectivity index (χ2v) is 4.10. The third-order valence-corrected chi connectivity index (χ3v) is 2.94. The van der Waals surface area contributed by atoms with E-state index in [0.717, 1.165) is 25.9 Å². The van der Waals surface area contributed by atoms with Crippen molar-refractivity contribution in [3.05, 3.63) is 12.7 Å². The summed E-state index contributed by atoms with van der Waals surface area (Å²) < 4.78 is 1.53. The van der Waals surface area contributed by atoms with Gasteiger partial charge in [0.15, 0.2) is 0 Å². The number of hydrogen-bond acceptors (Lipinski definition) is 4. The molecular formula is C10H16N4O2. The largest absolute Gasteiger partial charge is 0.396 e. The first-order chi connectivity index (χ1) is 7.79. The normalized spacial score (nSPS) is 20.3. The van der Waals surface area contributed by atoms with Crippen molar-refractivity contribution < 1.29 is 9.90 Å². The lowest BCUT2D eigenvalue weighted by Crippen LogP contribution is -2.32. The Morgan fingerprint density at radius 3 is 3.12 bits per heavy atom. The zero-order chi connectivity index (χ0) is 11.4. The van der Waals surface area contributed by atoms with E-state index in [4.69, 9.17) is 5.11 Å². The Morgan fingerprint density at radius 1 is 1.56 bits per heavy atom. The first kappa shape index (κ1) is 11.1. The molecule has 0 saturated carbocycles. The van der Waals surface area contributed by atoms with Crippen LogP contribution in [0.4, 0.5) is 0 Å². The van der Waals surface area contributed by atoms with Crippen molar-refractivity contribution in [1.29, 1.82) is 0 Å². The summed E-state index contributed by atoms with van der Waals surface area (Å²) in [6, 6.07) is 0. The van der Waals surface area contributed by atoms with Gasteiger partial charge in [-0.2, -0.15) is 5.10 Å². The zero-order valence-corrected chi connectivity index (χ0v) is 9.12. The van der Waals surface area contributed by atoms with Crippen LogP contribution < -0.4 is 0 Å². The highest BCUT2D eigenvalue weighted by Gasteiger charge is 2.25. The quantitative estimate of drug-likeness (QED) is 0.749. The van der Waals surface area contributed by atoms with Gasteiger partial charge in [-0.25, -0.2) is 9.67 Å². The molecule has 1 amide bonds. The molecule has 1 atom stereocenters. The Balaban J connectivity index is 1.83. The Bertz CT molecular complexity index is 339. The molecule has 2 heterocycles. The first-order valence-corrected chi connectivity index (χ1v) is 5.50. The minimum absolute atomic E-state index is 0.0749. The van der Waals surface area contributed by atoms with Crippen LogP contribution in [0.15, 0.2) is 12.7 Å². The van der Waals surface area contributed by atoms with Crippen molar-refractivity contribution in [2.75, 3.05) is 19.7 Å². The molecule has 0 aromatic carbocycles. The molecule has 1 aromatic rings. The first-order valence-electron chi connectivity index (χ1n) is 5.50. The van der Waals surface area contributed by atoms with Gasteiger partial charge >= 0.3 is 0 Å². The van der Waals surface area contributed by atoms with Crippen LogP contribution in [0.2, 0.25) is 0 Å². The lowest BCUT2D eigenvalue weighted by Gasteiger charge is -2.16. The monoisotopic (exact) mass is 224 g/mol. The molecule has 0 spiro atoms. The molecule has 16 heavy (non-hydrogen) atoms. The summed E-state index contributed by atoms with van der Waals surface area (Å²) in [6.07, 6.45) is 4.74. The Kier molecular flexibility index (Phi) is 3.51. The molecule has 0 bridgehead atoms. The fourth-order valence-electron chi connectivity index (χ4n) is 2.03. The van der Waals surface area contributed by atoms with Crippen molar-refractivity contribution in [1.82, 2.24) is 19.7 Å². The molecule has 1 saturated heterocycles. The van der Waals surface area contributed by atoms with Crippen molar-refractivity contribution in [3.63, 3.8) is 0 Å². The van der Waals surface area contributed by atoms with E-state index in [9.17, 15) is 4.79 Å². The smallest absolute Gasteiger partial charge is 0.244 e. The molecule has 0 aliphatic carbocycles. The number of aromatic nitrogens is 3. The molecule has 6 heteroatoms. The lowest BCUT2D eigenvalue weighted by atomic mass is 10.1. The Labute approximate surface area is 93.9 Å². The second kappa shape index (κ2) is 5.07. The van der Waals surface area contributed by atoms with Crippen LogP contribution in [-0.2, 0) is 11.3 Å². The van der Waals surface area contributed by atoms with Gasteiger partial charge in [-0.15, -0.1) is 0 Å². The fraction of sp³-hybridized carbons (Fsp3) is 0.700. The fourth-order valence-corrected chi connectivity index (χ4v) is 2.03. The van der Waals surface area contributed by atoms with Crippen LogP contribution >= 0.6 is 0 Å². The third-order valence-electron chi connectivity index (χ3n) is 2.94. The van der Waals surface area contributed by atoms with Crippen molar-refractivity contribution >= 4 is 5.91 Å². The van der Waals surface area contributed by atoms with Crippen LogP contribution in [0.25, 0.3) is 0 Å². The molecule has 1 N–H and O–H groups in total. The van der Waals surface area contributed by atoms with Crippen LogP contribution in [0, 0.1) is 5.92 Å². The minimum atomic E-state index is 0.0749. The second-order valence-electron chi connectivity index (χ2n) is 4.10. The highest BCUT2D eigenvalue weighted by molar-refractivity contribution is 5.76. The molecule has 6 nitrogen and oxygen atoms in total. The summed E-state index contributed by atoms with van der Waals surface area (Å²) in [6.45, 7) is 2.01. The number of carbonyl (C=O) groups excluding carboxylic acids is 1. The highest BCUT2D eigenvalue weighted by Crippen LogP contribution is 2.19. The number of hydrogen-bond donors (Lipinski definition) is 1. The molecule has 88 valence electrons. The van der Waals surface area contributed by atoms with Gasteiger partial charge in [0, 0.05) is 19.7 Å². The summed E-state index contributed by atoms with van der Waals surface area (Å²) >= 11 is 0. The van der Waals surface area contributed by atoms with E-state index in [0.29, 0.717) is 5.92 Å². The summed E-state index contributed by atoms with van der Waals surface area (Å²) in [7, 11) is 0. The average Bonchev–Trinajstić information content (AvgIpc) is 2.89.